The van der Waals surface area contributed by atoms with E-state index in [1.807, 2.05) is 13.0 Å². The second-order valence-corrected chi connectivity index (χ2v) is 3.06. The van der Waals surface area contributed by atoms with Gasteiger partial charge in [0.1, 0.15) is 6.42 Å². The first kappa shape index (κ1) is 10.0. The fourth-order valence-electron chi connectivity index (χ4n) is 1.49. The van der Waals surface area contributed by atoms with Crippen LogP contribution in [-0.2, 0) is 9.53 Å². The molecule has 1 heterocycles. The van der Waals surface area contributed by atoms with Gasteiger partial charge in [-0.15, -0.1) is 0 Å². The third-order valence-corrected chi connectivity index (χ3v) is 2.25. The molecule has 1 aliphatic heterocycles. The molecule has 0 aromatic rings. The summed E-state index contributed by atoms with van der Waals surface area (Å²) in [6.45, 7) is 3.84. The van der Waals surface area contributed by atoms with Crippen LogP contribution in [0.5, 0.6) is 0 Å². The third-order valence-electron chi connectivity index (χ3n) is 2.25. The monoisotopic (exact) mass is 182 g/mol. The summed E-state index contributed by atoms with van der Waals surface area (Å²) in [6.07, 6.45) is 0.869. The summed E-state index contributed by atoms with van der Waals surface area (Å²) in [6, 6.07) is 2.04. The molecule has 0 aromatic carbocycles. The molecule has 1 rings (SSSR count). The molecule has 0 aromatic heterocycles. The van der Waals surface area contributed by atoms with Gasteiger partial charge in [0.2, 0.25) is 5.91 Å². The van der Waals surface area contributed by atoms with Crippen LogP contribution < -0.4 is 0 Å². The minimum absolute atomic E-state index is 0.0174. The van der Waals surface area contributed by atoms with Crippen molar-refractivity contribution in [2.75, 3.05) is 19.8 Å². The van der Waals surface area contributed by atoms with Gasteiger partial charge in [-0.1, -0.05) is 6.92 Å². The number of hydrogen-bond acceptors (Lipinski definition) is 3. The Morgan fingerprint density at radius 3 is 3.15 bits per heavy atom. The first-order valence-electron chi connectivity index (χ1n) is 4.53. The van der Waals surface area contributed by atoms with Crippen LogP contribution in [0.4, 0.5) is 0 Å². The number of ether oxygens (including phenoxy) is 1. The van der Waals surface area contributed by atoms with Gasteiger partial charge >= 0.3 is 0 Å². The van der Waals surface area contributed by atoms with E-state index in [1.54, 1.807) is 4.90 Å². The Kier molecular flexibility index (Phi) is 3.71. The lowest BCUT2D eigenvalue weighted by Gasteiger charge is -2.34. The molecule has 0 spiro atoms. The van der Waals surface area contributed by atoms with Crippen molar-refractivity contribution < 1.29 is 9.53 Å². The number of nitrogens with zero attached hydrogens (tertiary/aromatic N) is 2. The zero-order valence-electron chi connectivity index (χ0n) is 7.82. The largest absolute Gasteiger partial charge is 0.377 e. The number of amides is 1. The summed E-state index contributed by atoms with van der Waals surface area (Å²) >= 11 is 0. The Morgan fingerprint density at radius 1 is 1.77 bits per heavy atom. The van der Waals surface area contributed by atoms with E-state index in [2.05, 4.69) is 0 Å². The van der Waals surface area contributed by atoms with E-state index in [9.17, 15) is 4.79 Å². The molecule has 4 nitrogen and oxygen atoms in total. The molecule has 1 unspecified atom stereocenters. The smallest absolute Gasteiger partial charge is 0.237 e. The summed E-state index contributed by atoms with van der Waals surface area (Å²) in [7, 11) is 0. The second kappa shape index (κ2) is 4.83. The second-order valence-electron chi connectivity index (χ2n) is 3.06. The van der Waals surface area contributed by atoms with Crippen LogP contribution in [0.1, 0.15) is 19.8 Å². The summed E-state index contributed by atoms with van der Waals surface area (Å²) in [4.78, 5) is 13.2. The summed E-state index contributed by atoms with van der Waals surface area (Å²) in [5.41, 5.74) is 0. The predicted octanol–water partition coefficient (Wildman–Crippen LogP) is 0.537. The van der Waals surface area contributed by atoms with E-state index < -0.39 is 0 Å². The van der Waals surface area contributed by atoms with Crippen molar-refractivity contribution in [3.8, 4) is 6.07 Å². The number of nitriles is 1. The van der Waals surface area contributed by atoms with E-state index in [-0.39, 0.29) is 18.4 Å². The van der Waals surface area contributed by atoms with Crippen LogP contribution in [0.2, 0.25) is 0 Å². The van der Waals surface area contributed by atoms with Gasteiger partial charge in [-0.3, -0.25) is 4.79 Å². The Hall–Kier alpha value is -1.08. The molecule has 1 atom stereocenters. The van der Waals surface area contributed by atoms with Gasteiger partial charge in [-0.25, -0.2) is 0 Å². The van der Waals surface area contributed by atoms with Crippen LogP contribution in [-0.4, -0.2) is 36.6 Å². The quantitative estimate of drug-likeness (QED) is 0.626. The minimum atomic E-state index is -0.0716. The van der Waals surface area contributed by atoms with Gasteiger partial charge in [0.05, 0.1) is 25.3 Å². The molecule has 4 heteroatoms. The van der Waals surface area contributed by atoms with E-state index in [0.29, 0.717) is 19.8 Å². The molecular weight excluding hydrogens is 168 g/mol. The highest BCUT2D eigenvalue weighted by Crippen LogP contribution is 2.11. The first-order valence-corrected chi connectivity index (χ1v) is 4.53. The maximum absolute atomic E-state index is 11.4. The summed E-state index contributed by atoms with van der Waals surface area (Å²) in [5.74, 6) is -0.0716. The Bertz CT molecular complexity index is 222. The minimum Gasteiger partial charge on any atom is -0.377 e. The van der Waals surface area contributed by atoms with Crippen LogP contribution in [0.15, 0.2) is 0 Å². The predicted molar refractivity (Wildman–Crippen MR) is 46.8 cm³/mol. The lowest BCUT2D eigenvalue weighted by molar-refractivity contribution is -0.138. The van der Waals surface area contributed by atoms with E-state index in [0.717, 1.165) is 6.42 Å². The van der Waals surface area contributed by atoms with Crippen LogP contribution in [0.3, 0.4) is 0 Å². The SMILES string of the molecule is CCC1COCCN1C(=O)CC#N. The van der Waals surface area contributed by atoms with Crippen molar-refractivity contribution in [2.24, 2.45) is 0 Å². The van der Waals surface area contributed by atoms with Crippen molar-refractivity contribution >= 4 is 5.91 Å². The number of morpholine rings is 1. The van der Waals surface area contributed by atoms with E-state index in [1.165, 1.54) is 0 Å². The lowest BCUT2D eigenvalue weighted by Crippen LogP contribution is -2.48. The van der Waals surface area contributed by atoms with Crippen LogP contribution in [0.25, 0.3) is 0 Å². The summed E-state index contributed by atoms with van der Waals surface area (Å²) < 4.78 is 5.25. The zero-order chi connectivity index (χ0) is 9.68. The average molecular weight is 182 g/mol. The molecule has 0 saturated carbocycles. The van der Waals surface area contributed by atoms with Crippen molar-refractivity contribution in [3.63, 3.8) is 0 Å². The van der Waals surface area contributed by atoms with Gasteiger partial charge in [-0.2, -0.15) is 5.26 Å². The molecule has 1 amide bonds. The molecular formula is C9H14N2O2. The van der Waals surface area contributed by atoms with Crippen molar-refractivity contribution in [2.45, 2.75) is 25.8 Å². The first-order chi connectivity index (χ1) is 6.29. The van der Waals surface area contributed by atoms with Crippen molar-refractivity contribution in [1.29, 1.82) is 5.26 Å². The molecule has 1 aliphatic rings. The normalized spacial score (nSPS) is 22.5. The topological polar surface area (TPSA) is 53.3 Å². The maximum atomic E-state index is 11.4. The van der Waals surface area contributed by atoms with Gasteiger partial charge in [0.15, 0.2) is 0 Å². The highest BCUT2D eigenvalue weighted by Gasteiger charge is 2.25. The van der Waals surface area contributed by atoms with Gasteiger partial charge in [-0.05, 0) is 6.42 Å². The third kappa shape index (κ3) is 2.43. The molecule has 13 heavy (non-hydrogen) atoms. The van der Waals surface area contributed by atoms with E-state index >= 15 is 0 Å². The molecule has 0 N–H and O–H groups in total. The fraction of sp³-hybridized carbons (Fsp3) is 0.778. The van der Waals surface area contributed by atoms with Crippen LogP contribution >= 0.6 is 0 Å². The Balaban J connectivity index is 2.54. The summed E-state index contributed by atoms with van der Waals surface area (Å²) in [5, 5.41) is 8.40. The highest BCUT2D eigenvalue weighted by molar-refractivity contribution is 5.78. The standard InChI is InChI=1S/C9H14N2O2/c1-2-8-7-13-6-5-11(8)9(12)3-4-10/h8H,2-3,5-7H2,1H3. The molecule has 0 aliphatic carbocycles. The van der Waals surface area contributed by atoms with E-state index in [4.69, 9.17) is 10.00 Å². The zero-order valence-corrected chi connectivity index (χ0v) is 7.82. The van der Waals surface area contributed by atoms with Gasteiger partial charge in [0, 0.05) is 6.54 Å². The number of hydrogen-bond donors (Lipinski definition) is 0. The highest BCUT2D eigenvalue weighted by atomic mass is 16.5. The van der Waals surface area contributed by atoms with Gasteiger partial charge in [0.25, 0.3) is 0 Å². The Labute approximate surface area is 78.1 Å². The lowest BCUT2D eigenvalue weighted by atomic mass is 10.1. The van der Waals surface area contributed by atoms with Crippen molar-refractivity contribution in [3.05, 3.63) is 0 Å². The fourth-order valence-corrected chi connectivity index (χ4v) is 1.49. The number of carbonyl (C=O) groups excluding carboxylic acids is 1. The molecule has 0 radical (unpaired) electrons. The average Bonchev–Trinajstić information content (AvgIpc) is 2.18. The maximum Gasteiger partial charge on any atom is 0.237 e. The van der Waals surface area contributed by atoms with Gasteiger partial charge < -0.3 is 9.64 Å². The molecule has 72 valence electrons. The van der Waals surface area contributed by atoms with Crippen LogP contribution in [0, 0.1) is 11.3 Å². The number of carbonyl (C=O) groups is 1. The van der Waals surface area contributed by atoms with Crippen molar-refractivity contribution in [1.82, 2.24) is 4.90 Å². The number of rotatable bonds is 2. The molecule has 1 fully saturated rings. The Morgan fingerprint density at radius 2 is 2.54 bits per heavy atom. The molecule has 0 bridgehead atoms. The molecule has 1 saturated heterocycles.